The first-order chi connectivity index (χ1) is 29.1. The van der Waals surface area contributed by atoms with Crippen LogP contribution in [0.1, 0.15) is 77.6 Å². The smallest absolute Gasteiger partial charge is 0.262 e. The number of benzene rings is 3. The molecule has 5 aliphatic heterocycles. The molecule has 16 nitrogen and oxygen atoms in total. The number of likely N-dealkylation sites (tertiary alicyclic amines) is 2. The average molecular weight is 823 g/mol. The summed E-state index contributed by atoms with van der Waals surface area (Å²) in [7, 11) is 2.22. The number of hydrazone groups is 1. The number of carbonyl (C=O) groups excluding carboxylic acids is 4. The number of hydrogen-bond acceptors (Lipinski definition) is 13. The van der Waals surface area contributed by atoms with Crippen LogP contribution in [0.3, 0.4) is 0 Å². The number of nitrogens with one attached hydrogen (secondary N) is 2. The van der Waals surface area contributed by atoms with Gasteiger partial charge in [0.05, 0.1) is 22.2 Å². The maximum atomic E-state index is 14.4. The molecule has 0 aliphatic carbocycles. The van der Waals surface area contributed by atoms with Crippen LogP contribution < -0.4 is 32.1 Å². The van der Waals surface area contributed by atoms with E-state index in [0.29, 0.717) is 30.4 Å². The third-order valence-corrected chi connectivity index (χ3v) is 12.2. The Morgan fingerprint density at radius 3 is 2.38 bits per heavy atom. The van der Waals surface area contributed by atoms with Crippen LogP contribution in [0, 0.1) is 11.7 Å². The van der Waals surface area contributed by atoms with Gasteiger partial charge in [0.2, 0.25) is 11.8 Å². The summed E-state index contributed by atoms with van der Waals surface area (Å²) in [6.07, 6.45) is 7.02. The van der Waals surface area contributed by atoms with Crippen molar-refractivity contribution in [1.29, 1.82) is 0 Å². The van der Waals surface area contributed by atoms with Crippen LogP contribution in [0.5, 0.6) is 5.75 Å². The van der Waals surface area contributed by atoms with E-state index in [4.69, 9.17) is 20.8 Å². The molecule has 60 heavy (non-hydrogen) atoms. The molecule has 0 bridgehead atoms. The van der Waals surface area contributed by atoms with Gasteiger partial charge in [-0.15, -0.1) is 5.10 Å². The SMILES string of the molecule is CN1CCC(CN2CCC(Oc3cccc(-c4onc5ccc(/C(N)=N/NN)cc45)c3)CC2)CC1.O=C1CCC(N2C(=O)c3cc(F)c(N4CCCC4)cc3C2=O)C(=O)N1. The number of rotatable bonds is 9. The number of hydrogen-bond donors (Lipinski definition) is 4. The van der Waals surface area contributed by atoms with Crippen molar-refractivity contribution in [2.45, 2.75) is 63.5 Å². The van der Waals surface area contributed by atoms with Gasteiger partial charge in [-0.25, -0.2) is 15.8 Å². The summed E-state index contributed by atoms with van der Waals surface area (Å²) in [4.78, 5) is 56.3. The first kappa shape index (κ1) is 40.9. The Morgan fingerprint density at radius 1 is 0.933 bits per heavy atom. The third-order valence-electron chi connectivity index (χ3n) is 12.2. The van der Waals surface area contributed by atoms with Gasteiger partial charge in [-0.1, -0.05) is 17.3 Å². The van der Waals surface area contributed by atoms with Gasteiger partial charge < -0.3 is 29.7 Å². The number of imide groups is 2. The summed E-state index contributed by atoms with van der Waals surface area (Å²) in [5, 5.41) is 11.1. The molecule has 316 valence electrons. The van der Waals surface area contributed by atoms with Crippen molar-refractivity contribution in [1.82, 2.24) is 30.7 Å². The van der Waals surface area contributed by atoms with Crippen molar-refractivity contribution in [2.24, 2.45) is 22.6 Å². The normalized spacial score (nSPS) is 21.0. The predicted molar refractivity (Wildman–Crippen MR) is 222 cm³/mol. The molecule has 1 unspecified atom stereocenters. The predicted octanol–water partition coefficient (Wildman–Crippen LogP) is 3.59. The minimum Gasteiger partial charge on any atom is -0.490 e. The summed E-state index contributed by atoms with van der Waals surface area (Å²) < 4.78 is 26.5. The number of amides is 4. The van der Waals surface area contributed by atoms with Gasteiger partial charge in [-0.3, -0.25) is 29.4 Å². The molecule has 4 aromatic rings. The van der Waals surface area contributed by atoms with Gasteiger partial charge in [-0.05, 0) is 113 Å². The van der Waals surface area contributed by atoms with E-state index in [2.05, 4.69) is 38.0 Å². The van der Waals surface area contributed by atoms with Crippen molar-refractivity contribution < 1.29 is 32.8 Å². The number of anilines is 1. The number of ether oxygens (including phenoxy) is 1. The zero-order chi connectivity index (χ0) is 41.9. The molecule has 0 radical (unpaired) electrons. The first-order valence-electron chi connectivity index (χ1n) is 20.7. The molecule has 4 fully saturated rings. The molecule has 1 atom stereocenters. The van der Waals surface area contributed by atoms with Crippen molar-refractivity contribution in [3.63, 3.8) is 0 Å². The van der Waals surface area contributed by atoms with Gasteiger partial charge in [0, 0.05) is 50.3 Å². The Hall–Kier alpha value is -5.91. The number of nitrogens with two attached hydrogens (primary N) is 2. The maximum absolute atomic E-state index is 14.4. The van der Waals surface area contributed by atoms with Gasteiger partial charge in [0.15, 0.2) is 11.6 Å². The number of amidine groups is 1. The fraction of sp³-hybridized carbons (Fsp3) is 0.442. The van der Waals surface area contributed by atoms with Crippen molar-refractivity contribution >= 4 is 46.1 Å². The Morgan fingerprint density at radius 2 is 1.67 bits per heavy atom. The Bertz CT molecular complexity index is 2290. The fourth-order valence-electron chi connectivity index (χ4n) is 8.85. The average Bonchev–Trinajstić information content (AvgIpc) is 3.99. The lowest BCUT2D eigenvalue weighted by Crippen LogP contribution is -2.54. The van der Waals surface area contributed by atoms with E-state index in [1.807, 2.05) is 47.4 Å². The number of aromatic nitrogens is 1. The van der Waals surface area contributed by atoms with E-state index >= 15 is 0 Å². The lowest BCUT2D eigenvalue weighted by molar-refractivity contribution is -0.136. The molecule has 5 aliphatic rings. The van der Waals surface area contributed by atoms with Crippen LogP contribution in [-0.4, -0.2) is 114 Å². The van der Waals surface area contributed by atoms with Gasteiger partial charge in [0.25, 0.3) is 11.8 Å². The lowest BCUT2D eigenvalue weighted by Gasteiger charge is -2.36. The highest BCUT2D eigenvalue weighted by atomic mass is 19.1. The van der Waals surface area contributed by atoms with Crippen LogP contribution in [0.15, 0.2) is 64.2 Å². The number of nitrogens with zero attached hydrogens (tertiary/aromatic N) is 6. The number of fused-ring (bicyclic) bond motifs is 2. The van der Waals surface area contributed by atoms with E-state index in [1.165, 1.54) is 38.5 Å². The highest BCUT2D eigenvalue weighted by Gasteiger charge is 2.45. The van der Waals surface area contributed by atoms with Gasteiger partial charge in [0.1, 0.15) is 29.2 Å². The highest BCUT2D eigenvalue weighted by molar-refractivity contribution is 6.23. The standard InChI is InChI=1S/C26H35N7O2.C17H16FN3O4/c1-32-11-7-18(8-12-32)17-33-13-9-21(10-14-33)34-22-4-2-3-19(15-22)25-23-16-20(26(27)29-31-28)5-6-24(23)30-35-25;18-11-7-9-10(8-13(11)20-5-1-2-6-20)17(25)21(16(9)24)12-3-4-14(22)19-15(12)23/h2-6,15-16,18,21,31H,7-14,17,28H2,1H3,(H2,27,29);7-8,12H,1-6H2,(H,19,22,23). The highest BCUT2D eigenvalue weighted by Crippen LogP contribution is 2.35. The van der Waals surface area contributed by atoms with E-state index in [-0.39, 0.29) is 30.1 Å². The van der Waals surface area contributed by atoms with E-state index < -0.39 is 35.5 Å². The molecule has 17 heteroatoms. The van der Waals surface area contributed by atoms with Crippen molar-refractivity contribution in [3.8, 4) is 17.1 Å². The first-order valence-corrected chi connectivity index (χ1v) is 20.7. The summed E-state index contributed by atoms with van der Waals surface area (Å²) >= 11 is 0. The Balaban J connectivity index is 0.000000176. The number of carbonyl (C=O) groups is 4. The summed E-state index contributed by atoms with van der Waals surface area (Å²) in [5.74, 6) is 4.96. The zero-order valence-electron chi connectivity index (χ0n) is 33.7. The maximum Gasteiger partial charge on any atom is 0.262 e. The zero-order valence-corrected chi connectivity index (χ0v) is 33.7. The Kier molecular flexibility index (Phi) is 12.1. The molecule has 9 rings (SSSR count). The molecule has 3 aromatic carbocycles. The monoisotopic (exact) mass is 822 g/mol. The molecular weight excluding hydrogens is 772 g/mol. The van der Waals surface area contributed by atoms with Crippen LogP contribution in [0.25, 0.3) is 22.2 Å². The van der Waals surface area contributed by atoms with E-state index in [0.717, 1.165) is 83.4 Å². The molecule has 6 N–H and O–H groups in total. The molecule has 0 saturated carbocycles. The number of hydrazine groups is 1. The molecule has 6 heterocycles. The Labute approximate surface area is 347 Å². The fourth-order valence-corrected chi connectivity index (χ4v) is 8.85. The molecule has 0 spiro atoms. The number of halogens is 1. The van der Waals surface area contributed by atoms with E-state index in [1.54, 1.807) is 0 Å². The summed E-state index contributed by atoms with van der Waals surface area (Å²) in [6.45, 7) is 7.30. The van der Waals surface area contributed by atoms with Gasteiger partial charge in [-0.2, -0.15) is 0 Å². The summed E-state index contributed by atoms with van der Waals surface area (Å²) in [6, 6.07) is 15.1. The van der Waals surface area contributed by atoms with Gasteiger partial charge >= 0.3 is 0 Å². The molecule has 4 amide bonds. The minimum atomic E-state index is -1.04. The molecular formula is C43H51FN10O6. The van der Waals surface area contributed by atoms with Crippen LogP contribution in [0.4, 0.5) is 10.1 Å². The van der Waals surface area contributed by atoms with Crippen molar-refractivity contribution in [2.75, 3.05) is 57.8 Å². The second kappa shape index (κ2) is 17.7. The second-order valence-electron chi connectivity index (χ2n) is 16.3. The third kappa shape index (κ3) is 8.69. The topological polar surface area (TPSA) is 205 Å². The minimum absolute atomic E-state index is 0.0323. The molecule has 4 saturated heterocycles. The van der Waals surface area contributed by atoms with Crippen LogP contribution in [-0.2, 0) is 9.59 Å². The quantitative estimate of drug-likeness (QED) is 0.0628. The van der Waals surface area contributed by atoms with Crippen molar-refractivity contribution in [3.05, 3.63) is 77.1 Å². The number of piperidine rings is 3. The lowest BCUT2D eigenvalue weighted by atomic mass is 9.95. The van der Waals surface area contributed by atoms with Crippen LogP contribution >= 0.6 is 0 Å². The second-order valence-corrected chi connectivity index (χ2v) is 16.3. The largest absolute Gasteiger partial charge is 0.490 e. The van der Waals surface area contributed by atoms with Crippen LogP contribution in [0.2, 0.25) is 0 Å². The van der Waals surface area contributed by atoms with E-state index in [9.17, 15) is 23.6 Å². The molecule has 1 aromatic heterocycles. The summed E-state index contributed by atoms with van der Waals surface area (Å²) in [5.41, 5.74) is 11.0.